The number of halogens is 1. The summed E-state index contributed by atoms with van der Waals surface area (Å²) in [6.07, 6.45) is 3.37. The zero-order valence-corrected chi connectivity index (χ0v) is 10.6. The Labute approximate surface area is 97.8 Å². The maximum atomic E-state index is 6.02. The first kappa shape index (κ1) is 12.5. The van der Waals surface area contributed by atoms with Gasteiger partial charge in [-0.1, -0.05) is 37.9 Å². The molecule has 0 amide bonds. The van der Waals surface area contributed by atoms with Gasteiger partial charge in [-0.15, -0.1) is 0 Å². The Hall–Kier alpha value is -0.530. The largest absolute Gasteiger partial charge is 0.313 e. The number of hydrogen-bond donors (Lipinski definition) is 1. The molecule has 1 atom stereocenters. The van der Waals surface area contributed by atoms with Crippen molar-refractivity contribution in [3.63, 3.8) is 0 Å². The van der Waals surface area contributed by atoms with E-state index in [9.17, 15) is 0 Å². The third-order valence-electron chi connectivity index (χ3n) is 2.76. The Bertz CT molecular complexity index is 305. The van der Waals surface area contributed by atoms with Gasteiger partial charge >= 0.3 is 0 Å². The zero-order chi connectivity index (χ0) is 11.3. The Balaban J connectivity index is 3.03. The van der Waals surface area contributed by atoms with Crippen molar-refractivity contribution < 1.29 is 0 Å². The van der Waals surface area contributed by atoms with Crippen LogP contribution in [-0.2, 0) is 6.42 Å². The molecule has 1 aromatic rings. The van der Waals surface area contributed by atoms with Crippen LogP contribution in [0.3, 0.4) is 0 Å². The van der Waals surface area contributed by atoms with Crippen molar-refractivity contribution in [2.24, 2.45) is 0 Å². The lowest BCUT2D eigenvalue weighted by molar-refractivity contribution is 0.571. The van der Waals surface area contributed by atoms with Crippen molar-refractivity contribution >= 4 is 11.6 Å². The summed E-state index contributed by atoms with van der Waals surface area (Å²) in [5.74, 6) is 0. The molecular formula is C13H20ClN. The minimum atomic E-state index is 0.448. The van der Waals surface area contributed by atoms with Crippen molar-refractivity contribution in [2.45, 2.75) is 39.2 Å². The standard InChI is InChI=1S/C13H20ClN/c1-4-6-10-9-11(14)7-8-12(10)13(5-2)15-3/h7-9,13,15H,4-6H2,1-3H3. The minimum absolute atomic E-state index is 0.448. The van der Waals surface area contributed by atoms with E-state index in [1.807, 2.05) is 13.1 Å². The normalized spacial score (nSPS) is 12.8. The van der Waals surface area contributed by atoms with Crippen LogP contribution in [0.1, 0.15) is 43.9 Å². The number of aryl methyl sites for hydroxylation is 1. The fraction of sp³-hybridized carbons (Fsp3) is 0.538. The van der Waals surface area contributed by atoms with E-state index < -0.39 is 0 Å². The van der Waals surface area contributed by atoms with Crippen LogP contribution < -0.4 is 5.32 Å². The molecule has 0 fully saturated rings. The van der Waals surface area contributed by atoms with E-state index in [4.69, 9.17) is 11.6 Å². The van der Waals surface area contributed by atoms with Gasteiger partial charge in [-0.2, -0.15) is 0 Å². The van der Waals surface area contributed by atoms with Crippen LogP contribution in [0.5, 0.6) is 0 Å². The molecule has 0 aliphatic rings. The number of benzene rings is 1. The summed E-state index contributed by atoms with van der Waals surface area (Å²) < 4.78 is 0. The molecule has 84 valence electrons. The van der Waals surface area contributed by atoms with Crippen LogP contribution in [0.25, 0.3) is 0 Å². The average molecular weight is 226 g/mol. The summed E-state index contributed by atoms with van der Waals surface area (Å²) in [6, 6.07) is 6.68. The lowest BCUT2D eigenvalue weighted by Gasteiger charge is -2.18. The number of nitrogens with one attached hydrogen (secondary N) is 1. The Morgan fingerprint density at radius 3 is 2.60 bits per heavy atom. The highest BCUT2D eigenvalue weighted by Crippen LogP contribution is 2.24. The molecule has 0 spiro atoms. The minimum Gasteiger partial charge on any atom is -0.313 e. The second-order valence-corrected chi connectivity index (χ2v) is 4.28. The molecular weight excluding hydrogens is 206 g/mol. The van der Waals surface area contributed by atoms with E-state index >= 15 is 0 Å². The van der Waals surface area contributed by atoms with E-state index in [0.29, 0.717) is 6.04 Å². The summed E-state index contributed by atoms with van der Waals surface area (Å²) >= 11 is 6.02. The van der Waals surface area contributed by atoms with Crippen LogP contribution in [-0.4, -0.2) is 7.05 Å². The SMILES string of the molecule is CCCc1cc(Cl)ccc1C(CC)NC. The molecule has 1 N–H and O–H groups in total. The summed E-state index contributed by atoms with van der Waals surface area (Å²) in [4.78, 5) is 0. The van der Waals surface area contributed by atoms with Crippen molar-refractivity contribution in [3.05, 3.63) is 34.3 Å². The number of hydrogen-bond acceptors (Lipinski definition) is 1. The van der Waals surface area contributed by atoms with E-state index in [0.717, 1.165) is 24.3 Å². The fourth-order valence-electron chi connectivity index (χ4n) is 1.98. The first-order chi connectivity index (χ1) is 7.22. The van der Waals surface area contributed by atoms with Gasteiger partial charge in [-0.3, -0.25) is 0 Å². The molecule has 0 radical (unpaired) electrons. The van der Waals surface area contributed by atoms with Gasteiger partial charge in [0.1, 0.15) is 0 Å². The highest BCUT2D eigenvalue weighted by molar-refractivity contribution is 6.30. The van der Waals surface area contributed by atoms with Gasteiger partial charge in [0.15, 0.2) is 0 Å². The number of rotatable bonds is 5. The molecule has 0 saturated carbocycles. The molecule has 1 rings (SSSR count). The van der Waals surface area contributed by atoms with Gasteiger partial charge < -0.3 is 5.32 Å². The molecule has 2 heteroatoms. The second-order valence-electron chi connectivity index (χ2n) is 3.84. The van der Waals surface area contributed by atoms with Crippen LogP contribution in [0.4, 0.5) is 0 Å². The monoisotopic (exact) mass is 225 g/mol. The summed E-state index contributed by atoms with van der Waals surface area (Å²) in [5, 5.41) is 4.18. The van der Waals surface area contributed by atoms with Crippen molar-refractivity contribution in [3.8, 4) is 0 Å². The van der Waals surface area contributed by atoms with Gasteiger partial charge in [0, 0.05) is 11.1 Å². The topological polar surface area (TPSA) is 12.0 Å². The zero-order valence-electron chi connectivity index (χ0n) is 9.81. The molecule has 1 aromatic carbocycles. The quantitative estimate of drug-likeness (QED) is 0.800. The molecule has 15 heavy (non-hydrogen) atoms. The van der Waals surface area contributed by atoms with Gasteiger partial charge in [-0.05, 0) is 43.1 Å². The van der Waals surface area contributed by atoms with Crippen LogP contribution in [0, 0.1) is 0 Å². The van der Waals surface area contributed by atoms with Crippen molar-refractivity contribution in [1.82, 2.24) is 5.32 Å². The van der Waals surface area contributed by atoms with Gasteiger partial charge in [0.25, 0.3) is 0 Å². The summed E-state index contributed by atoms with van der Waals surface area (Å²) in [5.41, 5.74) is 2.78. The predicted molar refractivity (Wildman–Crippen MR) is 67.5 cm³/mol. The third-order valence-corrected chi connectivity index (χ3v) is 2.99. The molecule has 0 heterocycles. The van der Waals surface area contributed by atoms with Crippen LogP contribution in [0.15, 0.2) is 18.2 Å². The molecule has 0 saturated heterocycles. The summed E-state index contributed by atoms with van der Waals surface area (Å²) in [7, 11) is 2.01. The van der Waals surface area contributed by atoms with E-state index in [2.05, 4.69) is 31.3 Å². The molecule has 0 bridgehead atoms. The second kappa shape index (κ2) is 6.14. The van der Waals surface area contributed by atoms with E-state index in [1.165, 1.54) is 11.1 Å². The molecule has 0 aromatic heterocycles. The van der Waals surface area contributed by atoms with Crippen molar-refractivity contribution in [2.75, 3.05) is 7.05 Å². The maximum absolute atomic E-state index is 6.02. The first-order valence-electron chi connectivity index (χ1n) is 5.68. The van der Waals surface area contributed by atoms with Gasteiger partial charge in [-0.25, -0.2) is 0 Å². The van der Waals surface area contributed by atoms with Crippen LogP contribution >= 0.6 is 11.6 Å². The predicted octanol–water partition coefficient (Wildman–Crippen LogP) is 3.96. The first-order valence-corrected chi connectivity index (χ1v) is 6.06. The Morgan fingerprint density at radius 1 is 1.33 bits per heavy atom. The highest BCUT2D eigenvalue weighted by Gasteiger charge is 2.11. The lowest BCUT2D eigenvalue weighted by Crippen LogP contribution is -2.17. The molecule has 1 nitrogen and oxygen atoms in total. The third kappa shape index (κ3) is 3.22. The van der Waals surface area contributed by atoms with Crippen molar-refractivity contribution in [1.29, 1.82) is 0 Å². The van der Waals surface area contributed by atoms with Crippen LogP contribution in [0.2, 0.25) is 5.02 Å². The lowest BCUT2D eigenvalue weighted by atomic mass is 9.96. The average Bonchev–Trinajstić information content (AvgIpc) is 2.23. The van der Waals surface area contributed by atoms with Gasteiger partial charge in [0.05, 0.1) is 0 Å². The summed E-state index contributed by atoms with van der Waals surface area (Å²) in [6.45, 7) is 4.40. The molecule has 0 aliphatic carbocycles. The Morgan fingerprint density at radius 2 is 2.07 bits per heavy atom. The Kier molecular flexibility index (Phi) is 5.13. The van der Waals surface area contributed by atoms with E-state index in [-0.39, 0.29) is 0 Å². The molecule has 1 unspecified atom stereocenters. The van der Waals surface area contributed by atoms with Gasteiger partial charge in [0.2, 0.25) is 0 Å². The fourth-order valence-corrected chi connectivity index (χ4v) is 2.17. The van der Waals surface area contributed by atoms with E-state index in [1.54, 1.807) is 0 Å². The molecule has 0 aliphatic heterocycles. The maximum Gasteiger partial charge on any atom is 0.0408 e. The smallest absolute Gasteiger partial charge is 0.0408 e. The highest BCUT2D eigenvalue weighted by atomic mass is 35.5.